The number of anilines is 2. The van der Waals surface area contributed by atoms with E-state index in [0.29, 0.717) is 17.0 Å². The van der Waals surface area contributed by atoms with Crippen molar-refractivity contribution in [1.82, 2.24) is 19.7 Å². The Morgan fingerprint density at radius 1 is 1.14 bits per heavy atom. The summed E-state index contributed by atoms with van der Waals surface area (Å²) in [4.78, 5) is 17.8. The zero-order valence-electron chi connectivity index (χ0n) is 19.4. The normalized spacial score (nSPS) is 15.0. The summed E-state index contributed by atoms with van der Waals surface area (Å²) in [5.74, 6) is 0.988. The lowest BCUT2D eigenvalue weighted by Gasteiger charge is -2.31. The SMILES string of the molecule is CC(=O)N1CCC(n2cc(-c3cnc(N)c4oc(-c5ccc(NS(C)(=O)=O)cc5)cc34)cn2)CC1. The Kier molecular flexibility index (Phi) is 5.72. The number of nitrogen functional groups attached to an aromatic ring is 1. The number of carbonyl (C=O) groups excluding carboxylic acids is 1. The Hall–Kier alpha value is -3.86. The van der Waals surface area contributed by atoms with E-state index in [9.17, 15) is 13.2 Å². The van der Waals surface area contributed by atoms with Gasteiger partial charge < -0.3 is 15.1 Å². The summed E-state index contributed by atoms with van der Waals surface area (Å²) in [5.41, 5.74) is 9.60. The number of hydrogen-bond donors (Lipinski definition) is 2. The molecule has 0 radical (unpaired) electrons. The van der Waals surface area contributed by atoms with Crippen LogP contribution < -0.4 is 10.5 Å². The number of pyridine rings is 1. The number of hydrogen-bond acceptors (Lipinski definition) is 7. The predicted octanol–water partition coefficient (Wildman–Crippen LogP) is 3.50. The summed E-state index contributed by atoms with van der Waals surface area (Å²) in [6, 6.07) is 9.04. The first kappa shape index (κ1) is 22.9. The fourth-order valence-corrected chi connectivity index (χ4v) is 5.02. The molecule has 0 bridgehead atoms. The van der Waals surface area contributed by atoms with Gasteiger partial charge in [0.15, 0.2) is 11.4 Å². The highest BCUT2D eigenvalue weighted by molar-refractivity contribution is 7.92. The van der Waals surface area contributed by atoms with Crippen molar-refractivity contribution in [3.05, 3.63) is 48.9 Å². The average Bonchev–Trinajstić information content (AvgIpc) is 3.48. The molecule has 1 fully saturated rings. The maximum absolute atomic E-state index is 11.6. The number of nitrogens with zero attached hydrogens (tertiary/aromatic N) is 4. The van der Waals surface area contributed by atoms with Crippen LogP contribution in [-0.4, -0.2) is 53.3 Å². The lowest BCUT2D eigenvalue weighted by molar-refractivity contribution is -0.130. The Morgan fingerprint density at radius 2 is 1.86 bits per heavy atom. The third kappa shape index (κ3) is 4.72. The van der Waals surface area contributed by atoms with Gasteiger partial charge >= 0.3 is 0 Å². The predicted molar refractivity (Wildman–Crippen MR) is 134 cm³/mol. The molecule has 3 N–H and O–H groups in total. The largest absolute Gasteiger partial charge is 0.452 e. The smallest absolute Gasteiger partial charge is 0.229 e. The zero-order chi connectivity index (χ0) is 24.7. The van der Waals surface area contributed by atoms with Crippen LogP contribution in [0.1, 0.15) is 25.8 Å². The van der Waals surface area contributed by atoms with Gasteiger partial charge in [-0.2, -0.15) is 5.10 Å². The van der Waals surface area contributed by atoms with Gasteiger partial charge in [-0.1, -0.05) is 0 Å². The van der Waals surface area contributed by atoms with Crippen LogP contribution >= 0.6 is 0 Å². The minimum absolute atomic E-state index is 0.108. The molecule has 35 heavy (non-hydrogen) atoms. The number of nitrogens with two attached hydrogens (primary N) is 1. The lowest BCUT2D eigenvalue weighted by Crippen LogP contribution is -2.37. The van der Waals surface area contributed by atoms with Crippen LogP contribution in [0.5, 0.6) is 0 Å². The average molecular weight is 495 g/mol. The van der Waals surface area contributed by atoms with Gasteiger partial charge in [0.2, 0.25) is 15.9 Å². The Bertz CT molecular complexity index is 1500. The molecule has 0 atom stereocenters. The number of furan rings is 1. The van der Waals surface area contributed by atoms with Gasteiger partial charge in [-0.3, -0.25) is 14.2 Å². The number of likely N-dealkylation sites (tertiary alicyclic amines) is 1. The molecule has 1 aliphatic heterocycles. The second-order valence-electron chi connectivity index (χ2n) is 8.81. The van der Waals surface area contributed by atoms with Gasteiger partial charge in [0.05, 0.1) is 18.5 Å². The van der Waals surface area contributed by atoms with E-state index in [1.165, 1.54) is 0 Å². The lowest BCUT2D eigenvalue weighted by atomic mass is 10.0. The van der Waals surface area contributed by atoms with E-state index in [1.54, 1.807) is 37.4 Å². The fraction of sp³-hybridized carbons (Fsp3) is 0.292. The van der Waals surface area contributed by atoms with Gasteiger partial charge in [-0.25, -0.2) is 13.4 Å². The second kappa shape index (κ2) is 8.73. The third-order valence-corrected chi connectivity index (χ3v) is 6.86. The molecule has 1 aliphatic rings. The van der Waals surface area contributed by atoms with Gasteiger partial charge in [0.25, 0.3) is 0 Å². The van der Waals surface area contributed by atoms with Gasteiger partial charge in [-0.05, 0) is 43.2 Å². The van der Waals surface area contributed by atoms with E-state index in [4.69, 9.17) is 10.2 Å². The van der Waals surface area contributed by atoms with Crippen molar-refractivity contribution in [1.29, 1.82) is 0 Å². The number of benzene rings is 1. The van der Waals surface area contributed by atoms with Crippen molar-refractivity contribution in [2.45, 2.75) is 25.8 Å². The second-order valence-corrected chi connectivity index (χ2v) is 10.6. The molecule has 5 rings (SSSR count). The standard InChI is InChI=1S/C24H26N6O4S/c1-15(31)29-9-7-19(8-10-29)30-14-17(12-27-30)21-13-26-24(25)23-20(21)11-22(34-23)16-3-5-18(6-4-16)28-35(2,32)33/h3-6,11-14,19,28H,7-10H2,1-2H3,(H2,25,26). The number of amides is 1. The van der Waals surface area contributed by atoms with Gasteiger partial charge in [-0.15, -0.1) is 0 Å². The van der Waals surface area contributed by atoms with E-state index in [0.717, 1.165) is 54.3 Å². The van der Waals surface area contributed by atoms with Crippen molar-refractivity contribution in [3.8, 4) is 22.5 Å². The third-order valence-electron chi connectivity index (χ3n) is 6.26. The van der Waals surface area contributed by atoms with Crippen LogP contribution in [0.15, 0.2) is 53.3 Å². The first-order chi connectivity index (χ1) is 16.7. The molecule has 10 nitrogen and oxygen atoms in total. The van der Waals surface area contributed by atoms with E-state index in [-0.39, 0.29) is 17.8 Å². The molecule has 4 aromatic rings. The Labute approximate surface area is 202 Å². The molecule has 1 saturated heterocycles. The fourth-order valence-electron chi connectivity index (χ4n) is 4.45. The van der Waals surface area contributed by atoms with Crippen molar-refractivity contribution in [2.75, 3.05) is 29.8 Å². The first-order valence-corrected chi connectivity index (χ1v) is 13.1. The summed E-state index contributed by atoms with van der Waals surface area (Å²) < 4.78 is 33.4. The molecule has 0 unspecified atom stereocenters. The van der Waals surface area contributed by atoms with Crippen LogP contribution in [0, 0.1) is 0 Å². The number of aromatic nitrogens is 3. The van der Waals surface area contributed by atoms with E-state index >= 15 is 0 Å². The number of nitrogens with one attached hydrogen (secondary N) is 1. The minimum atomic E-state index is -3.35. The van der Waals surface area contributed by atoms with E-state index in [2.05, 4.69) is 14.8 Å². The number of fused-ring (bicyclic) bond motifs is 1. The van der Waals surface area contributed by atoms with Crippen LogP contribution in [0.3, 0.4) is 0 Å². The molecular weight excluding hydrogens is 468 g/mol. The molecule has 182 valence electrons. The van der Waals surface area contributed by atoms with Crippen LogP contribution in [-0.2, 0) is 14.8 Å². The topological polar surface area (TPSA) is 136 Å². The molecule has 0 saturated carbocycles. The summed E-state index contributed by atoms with van der Waals surface area (Å²) in [5, 5.41) is 5.40. The maximum atomic E-state index is 11.6. The van der Waals surface area contributed by atoms with Crippen LogP contribution in [0.25, 0.3) is 33.4 Å². The number of sulfonamides is 1. The van der Waals surface area contributed by atoms with Crippen molar-refractivity contribution >= 4 is 38.4 Å². The van der Waals surface area contributed by atoms with Gasteiger partial charge in [0, 0.05) is 60.2 Å². The summed E-state index contributed by atoms with van der Waals surface area (Å²) in [7, 11) is -3.35. The van der Waals surface area contributed by atoms with Crippen molar-refractivity contribution < 1.29 is 17.6 Å². The molecular formula is C24H26N6O4S. The minimum Gasteiger partial charge on any atom is -0.452 e. The first-order valence-electron chi connectivity index (χ1n) is 11.2. The highest BCUT2D eigenvalue weighted by Crippen LogP contribution is 2.37. The maximum Gasteiger partial charge on any atom is 0.229 e. The van der Waals surface area contributed by atoms with Crippen molar-refractivity contribution in [2.24, 2.45) is 0 Å². The molecule has 11 heteroatoms. The van der Waals surface area contributed by atoms with Crippen LogP contribution in [0.2, 0.25) is 0 Å². The van der Waals surface area contributed by atoms with Crippen molar-refractivity contribution in [3.63, 3.8) is 0 Å². The summed E-state index contributed by atoms with van der Waals surface area (Å²) >= 11 is 0. The molecule has 3 aromatic heterocycles. The Balaban J connectivity index is 1.44. The highest BCUT2D eigenvalue weighted by Gasteiger charge is 2.23. The number of piperidine rings is 1. The summed E-state index contributed by atoms with van der Waals surface area (Å²) in [6.45, 7) is 3.06. The molecule has 1 aromatic carbocycles. The van der Waals surface area contributed by atoms with Gasteiger partial charge in [0.1, 0.15) is 5.76 Å². The summed E-state index contributed by atoms with van der Waals surface area (Å²) in [6.07, 6.45) is 8.35. The molecule has 0 spiro atoms. The monoisotopic (exact) mass is 494 g/mol. The Morgan fingerprint density at radius 3 is 2.51 bits per heavy atom. The highest BCUT2D eigenvalue weighted by atomic mass is 32.2. The van der Waals surface area contributed by atoms with E-state index < -0.39 is 10.0 Å². The number of carbonyl (C=O) groups is 1. The molecule has 0 aliphatic carbocycles. The molecule has 1 amide bonds. The van der Waals surface area contributed by atoms with Crippen LogP contribution in [0.4, 0.5) is 11.5 Å². The van der Waals surface area contributed by atoms with E-state index in [1.807, 2.05) is 28.0 Å². The molecule has 4 heterocycles. The zero-order valence-corrected chi connectivity index (χ0v) is 20.2. The number of rotatable bonds is 5. The quantitative estimate of drug-likeness (QED) is 0.433.